The first-order valence-corrected chi connectivity index (χ1v) is 13.8. The molecule has 9 nitrogen and oxygen atoms in total. The van der Waals surface area contributed by atoms with Gasteiger partial charge < -0.3 is 24.8 Å². The summed E-state index contributed by atoms with van der Waals surface area (Å²) < 4.78 is 5.36. The number of aromatic nitrogens is 2. The molecule has 9 heteroatoms. The van der Waals surface area contributed by atoms with Crippen LogP contribution in [0.25, 0.3) is 0 Å². The molecule has 6 rings (SSSR count). The Morgan fingerprint density at radius 1 is 0.897 bits per heavy atom. The standard InChI is InChI=1S/C30H34N6O3/c1-39-25-6-7-26-23(18-25)10-17-36(30(38)33-26)24-11-15-34(16-12-24)28-19-27(31-20-32-28)29(37)35-13-8-21-4-2-3-5-22(21)9-14-35/h2-7,18-20,24H,8-17H2,1H3,(H,33,38). The first kappa shape index (κ1) is 25.2. The summed E-state index contributed by atoms with van der Waals surface area (Å²) in [6.45, 7) is 3.57. The van der Waals surface area contributed by atoms with Crippen molar-refractivity contribution in [3.63, 3.8) is 0 Å². The fraction of sp³-hybridized carbons (Fsp3) is 0.400. The molecule has 3 aliphatic rings. The minimum Gasteiger partial charge on any atom is -0.497 e. The Bertz CT molecular complexity index is 1340. The number of hydrogen-bond acceptors (Lipinski definition) is 6. The summed E-state index contributed by atoms with van der Waals surface area (Å²) in [6.07, 6.45) is 5.67. The summed E-state index contributed by atoms with van der Waals surface area (Å²) in [5, 5.41) is 3.08. The molecule has 3 aliphatic heterocycles. The van der Waals surface area contributed by atoms with Gasteiger partial charge in [0.05, 0.1) is 7.11 Å². The SMILES string of the molecule is COc1ccc2c(c1)CCN(C1CCN(c3cc(C(=O)N4CCc5ccccc5CC4)ncn3)CC1)C(=O)N2. The molecular formula is C30H34N6O3. The lowest BCUT2D eigenvalue weighted by molar-refractivity contribution is 0.0757. The molecule has 4 heterocycles. The molecule has 1 aromatic heterocycles. The van der Waals surface area contributed by atoms with Crippen molar-refractivity contribution in [1.82, 2.24) is 19.8 Å². The average Bonchev–Trinajstić information content (AvgIpc) is 3.30. The molecule has 39 heavy (non-hydrogen) atoms. The third-order valence-electron chi connectivity index (χ3n) is 8.25. The number of ether oxygens (including phenoxy) is 1. The highest BCUT2D eigenvalue weighted by atomic mass is 16.5. The summed E-state index contributed by atoms with van der Waals surface area (Å²) in [4.78, 5) is 41.3. The highest BCUT2D eigenvalue weighted by Gasteiger charge is 2.31. The molecule has 0 unspecified atom stereocenters. The van der Waals surface area contributed by atoms with Crippen molar-refractivity contribution < 1.29 is 14.3 Å². The van der Waals surface area contributed by atoms with Gasteiger partial charge in [0.25, 0.3) is 5.91 Å². The predicted octanol–water partition coefficient (Wildman–Crippen LogP) is 3.79. The third-order valence-corrected chi connectivity index (χ3v) is 8.25. The van der Waals surface area contributed by atoms with E-state index in [1.54, 1.807) is 7.11 Å². The van der Waals surface area contributed by atoms with Crippen molar-refractivity contribution in [1.29, 1.82) is 0 Å². The highest BCUT2D eigenvalue weighted by molar-refractivity contribution is 5.93. The van der Waals surface area contributed by atoms with Crippen molar-refractivity contribution in [2.24, 2.45) is 0 Å². The van der Waals surface area contributed by atoms with E-state index in [0.717, 1.165) is 68.0 Å². The number of rotatable bonds is 4. The van der Waals surface area contributed by atoms with Crippen LogP contribution in [0.4, 0.5) is 16.3 Å². The average molecular weight is 527 g/mol. The largest absolute Gasteiger partial charge is 0.497 e. The molecule has 0 bridgehead atoms. The first-order chi connectivity index (χ1) is 19.1. The molecule has 202 valence electrons. The zero-order valence-corrected chi connectivity index (χ0v) is 22.3. The molecule has 3 aromatic rings. The van der Waals surface area contributed by atoms with Gasteiger partial charge in [-0.2, -0.15) is 0 Å². The molecule has 0 atom stereocenters. The number of hydrogen-bond donors (Lipinski definition) is 1. The van der Waals surface area contributed by atoms with Gasteiger partial charge >= 0.3 is 6.03 Å². The smallest absolute Gasteiger partial charge is 0.322 e. The van der Waals surface area contributed by atoms with Gasteiger partial charge in [-0.05, 0) is 67.0 Å². The summed E-state index contributed by atoms with van der Waals surface area (Å²) in [6, 6.07) is 16.1. The summed E-state index contributed by atoms with van der Waals surface area (Å²) in [7, 11) is 1.65. The molecule has 1 fully saturated rings. The van der Waals surface area contributed by atoms with Crippen molar-refractivity contribution in [2.75, 3.05) is 50.1 Å². The lowest BCUT2D eigenvalue weighted by Gasteiger charge is -2.38. The van der Waals surface area contributed by atoms with Gasteiger partial charge in [-0.15, -0.1) is 0 Å². The molecule has 0 aliphatic carbocycles. The van der Waals surface area contributed by atoms with E-state index in [4.69, 9.17) is 4.74 Å². The predicted molar refractivity (Wildman–Crippen MR) is 149 cm³/mol. The normalized spacial score (nSPS) is 18.0. The maximum Gasteiger partial charge on any atom is 0.322 e. The Morgan fingerprint density at radius 2 is 1.62 bits per heavy atom. The van der Waals surface area contributed by atoms with Crippen LogP contribution in [0.15, 0.2) is 54.9 Å². The van der Waals surface area contributed by atoms with E-state index < -0.39 is 0 Å². The molecule has 0 saturated carbocycles. The van der Waals surface area contributed by atoms with Crippen molar-refractivity contribution >= 4 is 23.4 Å². The number of amides is 3. The molecule has 1 N–H and O–H groups in total. The zero-order chi connectivity index (χ0) is 26.8. The maximum absolute atomic E-state index is 13.4. The second-order valence-electron chi connectivity index (χ2n) is 10.4. The molecule has 0 radical (unpaired) electrons. The van der Waals surface area contributed by atoms with Crippen LogP contribution in [-0.2, 0) is 19.3 Å². The van der Waals surface area contributed by atoms with Crippen LogP contribution in [0.2, 0.25) is 0 Å². The quantitative estimate of drug-likeness (QED) is 0.557. The van der Waals surface area contributed by atoms with Gasteiger partial charge in [-0.25, -0.2) is 14.8 Å². The summed E-state index contributed by atoms with van der Waals surface area (Å²) in [5.41, 5.74) is 5.02. The van der Waals surface area contributed by atoms with Crippen molar-refractivity contribution in [3.05, 3.63) is 77.2 Å². The van der Waals surface area contributed by atoms with Gasteiger partial charge in [0.2, 0.25) is 0 Å². The maximum atomic E-state index is 13.4. The number of carbonyl (C=O) groups excluding carboxylic acids is 2. The van der Waals surface area contributed by atoms with E-state index in [0.29, 0.717) is 25.3 Å². The van der Waals surface area contributed by atoms with E-state index >= 15 is 0 Å². The molecular weight excluding hydrogens is 492 g/mol. The Labute approximate surface area is 228 Å². The van der Waals surface area contributed by atoms with Gasteiger partial charge in [0.15, 0.2) is 0 Å². The van der Waals surface area contributed by atoms with E-state index in [-0.39, 0.29) is 18.0 Å². The van der Waals surface area contributed by atoms with Gasteiger partial charge in [-0.3, -0.25) is 4.79 Å². The van der Waals surface area contributed by atoms with Gasteiger partial charge in [-0.1, -0.05) is 24.3 Å². The fourth-order valence-electron chi connectivity index (χ4n) is 5.98. The topological polar surface area (TPSA) is 90.9 Å². The number of piperidine rings is 1. The minimum atomic E-state index is -0.0492. The number of methoxy groups -OCH3 is 1. The number of fused-ring (bicyclic) bond motifs is 2. The monoisotopic (exact) mass is 526 g/mol. The Kier molecular flexibility index (Phi) is 7.04. The van der Waals surface area contributed by atoms with Gasteiger partial charge in [0.1, 0.15) is 23.6 Å². The highest BCUT2D eigenvalue weighted by Crippen LogP contribution is 2.28. The number of anilines is 2. The number of nitrogens with one attached hydrogen (secondary N) is 1. The minimum absolute atomic E-state index is 0.0428. The lowest BCUT2D eigenvalue weighted by atomic mass is 10.0. The van der Waals surface area contributed by atoms with Crippen LogP contribution in [0.3, 0.4) is 0 Å². The van der Waals surface area contributed by atoms with Crippen LogP contribution in [-0.4, -0.2) is 77.6 Å². The van der Waals surface area contributed by atoms with Crippen LogP contribution in [0.1, 0.15) is 40.0 Å². The van der Waals surface area contributed by atoms with Gasteiger partial charge in [0, 0.05) is 50.5 Å². The van der Waals surface area contributed by atoms with E-state index in [1.165, 1.54) is 17.5 Å². The molecule has 3 amide bonds. The van der Waals surface area contributed by atoms with E-state index in [1.807, 2.05) is 34.1 Å². The van der Waals surface area contributed by atoms with Crippen LogP contribution < -0.4 is 15.0 Å². The van der Waals surface area contributed by atoms with Crippen LogP contribution in [0.5, 0.6) is 5.75 Å². The van der Waals surface area contributed by atoms with Crippen molar-refractivity contribution in [2.45, 2.75) is 38.1 Å². The van der Waals surface area contributed by atoms with E-state index in [2.05, 4.69) is 44.5 Å². The first-order valence-electron chi connectivity index (χ1n) is 13.8. The summed E-state index contributed by atoms with van der Waals surface area (Å²) >= 11 is 0. The lowest BCUT2D eigenvalue weighted by Crippen LogP contribution is -2.49. The second kappa shape index (κ2) is 10.9. The third kappa shape index (κ3) is 5.26. The fourth-order valence-corrected chi connectivity index (χ4v) is 5.98. The van der Waals surface area contributed by atoms with Crippen molar-refractivity contribution in [3.8, 4) is 5.75 Å². The Hall–Kier alpha value is -4.14. The van der Waals surface area contributed by atoms with E-state index in [9.17, 15) is 9.59 Å². The number of carbonyl (C=O) groups is 2. The van der Waals surface area contributed by atoms with Crippen LogP contribution in [0, 0.1) is 0 Å². The summed E-state index contributed by atoms with van der Waals surface area (Å²) in [5.74, 6) is 1.52. The van der Waals surface area contributed by atoms with Crippen LogP contribution >= 0.6 is 0 Å². The molecule has 1 saturated heterocycles. The second-order valence-corrected chi connectivity index (χ2v) is 10.4. The number of benzene rings is 2. The zero-order valence-electron chi connectivity index (χ0n) is 22.3. The Balaban J connectivity index is 1.08. The molecule has 2 aromatic carbocycles. The number of urea groups is 1. The number of nitrogens with zero attached hydrogens (tertiary/aromatic N) is 5. The molecule has 0 spiro atoms. The Morgan fingerprint density at radius 3 is 2.33 bits per heavy atom.